The minimum absolute atomic E-state index is 0.468. The van der Waals surface area contributed by atoms with Gasteiger partial charge in [-0.1, -0.05) is 25.7 Å². The van der Waals surface area contributed by atoms with Crippen molar-refractivity contribution < 1.29 is 4.42 Å². The predicted molar refractivity (Wildman–Crippen MR) is 71.3 cm³/mol. The van der Waals surface area contributed by atoms with Crippen LogP contribution in [0.25, 0.3) is 0 Å². The minimum Gasteiger partial charge on any atom is -0.466 e. The van der Waals surface area contributed by atoms with Gasteiger partial charge in [0.25, 0.3) is 0 Å². The zero-order valence-electron chi connectivity index (χ0n) is 11.6. The Morgan fingerprint density at radius 3 is 2.29 bits per heavy atom. The molecule has 0 bridgehead atoms. The summed E-state index contributed by atoms with van der Waals surface area (Å²) in [6.45, 7) is 6.34. The summed E-state index contributed by atoms with van der Waals surface area (Å²) in [4.78, 5) is 0. The molecule has 1 aromatic rings. The van der Waals surface area contributed by atoms with Gasteiger partial charge in [-0.15, -0.1) is 0 Å². The summed E-state index contributed by atoms with van der Waals surface area (Å²) in [5, 5.41) is 3.48. The maximum absolute atomic E-state index is 5.75. The Bertz CT molecular complexity index is 375. The van der Waals surface area contributed by atoms with E-state index in [2.05, 4.69) is 33.1 Å². The van der Waals surface area contributed by atoms with Crippen molar-refractivity contribution in [2.24, 2.45) is 5.92 Å². The van der Waals surface area contributed by atoms with Crippen LogP contribution in [0.15, 0.2) is 4.42 Å². The van der Waals surface area contributed by atoms with Crippen LogP contribution in [0.4, 0.5) is 0 Å². The summed E-state index contributed by atoms with van der Waals surface area (Å²) >= 11 is 0. The molecule has 1 saturated carbocycles. The number of rotatable bonds is 4. The molecule has 0 saturated heterocycles. The molecule has 1 unspecified atom stereocenters. The Balaban J connectivity index is 2.16. The molecule has 2 nitrogen and oxygen atoms in total. The smallest absolute Gasteiger partial charge is 0.106 e. The van der Waals surface area contributed by atoms with Gasteiger partial charge in [0.05, 0.1) is 0 Å². The monoisotopic (exact) mass is 235 g/mol. The van der Waals surface area contributed by atoms with Crippen molar-refractivity contribution in [1.29, 1.82) is 0 Å². The number of aryl methyl sites for hydroxylation is 2. The molecule has 0 aliphatic heterocycles. The molecule has 17 heavy (non-hydrogen) atoms. The van der Waals surface area contributed by atoms with Crippen molar-refractivity contribution in [3.05, 3.63) is 22.6 Å². The van der Waals surface area contributed by atoms with E-state index in [0.717, 1.165) is 17.4 Å². The second-order valence-corrected chi connectivity index (χ2v) is 5.48. The summed E-state index contributed by atoms with van der Waals surface area (Å²) < 4.78 is 5.75. The Hall–Kier alpha value is -0.760. The van der Waals surface area contributed by atoms with Gasteiger partial charge >= 0.3 is 0 Å². The van der Waals surface area contributed by atoms with Crippen molar-refractivity contribution in [1.82, 2.24) is 5.32 Å². The van der Waals surface area contributed by atoms with E-state index >= 15 is 0 Å². The fourth-order valence-corrected chi connectivity index (χ4v) is 3.28. The molecule has 0 radical (unpaired) electrons. The third kappa shape index (κ3) is 2.57. The molecule has 1 atom stereocenters. The third-order valence-corrected chi connectivity index (χ3v) is 4.36. The van der Waals surface area contributed by atoms with Crippen LogP contribution in [-0.4, -0.2) is 7.05 Å². The molecule has 1 aliphatic carbocycles. The minimum atomic E-state index is 0.468. The van der Waals surface area contributed by atoms with Gasteiger partial charge in [0.2, 0.25) is 0 Å². The lowest BCUT2D eigenvalue weighted by Gasteiger charge is -2.20. The largest absolute Gasteiger partial charge is 0.466 e. The molecule has 1 aliphatic rings. The zero-order chi connectivity index (χ0) is 12.4. The van der Waals surface area contributed by atoms with Gasteiger partial charge in [0.1, 0.15) is 11.5 Å². The van der Waals surface area contributed by atoms with Crippen LogP contribution in [0.5, 0.6) is 0 Å². The van der Waals surface area contributed by atoms with Gasteiger partial charge in [-0.05, 0) is 45.7 Å². The van der Waals surface area contributed by atoms with Crippen molar-refractivity contribution in [2.45, 2.75) is 58.9 Å². The third-order valence-electron chi connectivity index (χ3n) is 4.36. The maximum atomic E-state index is 5.75. The molecule has 1 heterocycles. The molecular formula is C15H25NO. The number of nitrogens with one attached hydrogen (secondary N) is 1. The summed E-state index contributed by atoms with van der Waals surface area (Å²) in [6.07, 6.45) is 6.92. The van der Waals surface area contributed by atoms with Crippen LogP contribution in [0.3, 0.4) is 0 Å². The van der Waals surface area contributed by atoms with E-state index in [9.17, 15) is 0 Å². The van der Waals surface area contributed by atoms with Crippen LogP contribution in [0.1, 0.15) is 60.8 Å². The zero-order valence-corrected chi connectivity index (χ0v) is 11.6. The summed E-state index contributed by atoms with van der Waals surface area (Å²) in [6, 6.07) is 0.468. The highest BCUT2D eigenvalue weighted by Gasteiger charge is 2.24. The Morgan fingerprint density at radius 2 is 1.82 bits per heavy atom. The lowest BCUT2D eigenvalue weighted by atomic mass is 9.91. The van der Waals surface area contributed by atoms with E-state index < -0.39 is 0 Å². The van der Waals surface area contributed by atoms with Crippen molar-refractivity contribution >= 4 is 0 Å². The van der Waals surface area contributed by atoms with Crippen molar-refractivity contribution in [3.8, 4) is 0 Å². The van der Waals surface area contributed by atoms with E-state index in [4.69, 9.17) is 4.42 Å². The first kappa shape index (κ1) is 12.7. The van der Waals surface area contributed by atoms with Crippen molar-refractivity contribution in [3.63, 3.8) is 0 Å². The highest BCUT2D eigenvalue weighted by Crippen LogP contribution is 2.36. The quantitative estimate of drug-likeness (QED) is 0.852. The fraction of sp³-hybridized carbons (Fsp3) is 0.733. The first-order chi connectivity index (χ1) is 8.13. The first-order valence-corrected chi connectivity index (χ1v) is 6.87. The molecule has 0 spiro atoms. The Labute approximate surface area is 105 Å². The summed E-state index contributed by atoms with van der Waals surface area (Å²) in [7, 11) is 2.07. The summed E-state index contributed by atoms with van der Waals surface area (Å²) in [5.74, 6) is 3.07. The van der Waals surface area contributed by atoms with Crippen molar-refractivity contribution in [2.75, 3.05) is 7.05 Å². The SMILES string of the molecule is CNC(CC1CCCC1)c1c(C)oc(C)c1C. The lowest BCUT2D eigenvalue weighted by Crippen LogP contribution is -2.20. The molecule has 2 rings (SSSR count). The van der Waals surface area contributed by atoms with Gasteiger partial charge in [-0.2, -0.15) is 0 Å². The van der Waals surface area contributed by atoms with E-state index in [0.29, 0.717) is 6.04 Å². The van der Waals surface area contributed by atoms with E-state index in [1.165, 1.54) is 43.2 Å². The van der Waals surface area contributed by atoms with Gasteiger partial charge in [-0.25, -0.2) is 0 Å². The van der Waals surface area contributed by atoms with Crippen LogP contribution >= 0.6 is 0 Å². The summed E-state index contributed by atoms with van der Waals surface area (Å²) in [5.41, 5.74) is 2.73. The van der Waals surface area contributed by atoms with Gasteiger partial charge in [-0.3, -0.25) is 0 Å². The van der Waals surface area contributed by atoms with Crippen LogP contribution in [-0.2, 0) is 0 Å². The second kappa shape index (κ2) is 5.26. The highest BCUT2D eigenvalue weighted by molar-refractivity contribution is 5.34. The molecule has 0 aromatic carbocycles. The molecule has 96 valence electrons. The topological polar surface area (TPSA) is 25.2 Å². The molecule has 1 N–H and O–H groups in total. The van der Waals surface area contributed by atoms with Crippen LogP contribution in [0, 0.1) is 26.7 Å². The highest BCUT2D eigenvalue weighted by atomic mass is 16.3. The Morgan fingerprint density at radius 1 is 1.18 bits per heavy atom. The predicted octanol–water partition coefficient (Wildman–Crippen LogP) is 4.05. The fourth-order valence-electron chi connectivity index (χ4n) is 3.28. The first-order valence-electron chi connectivity index (χ1n) is 6.87. The molecular weight excluding hydrogens is 210 g/mol. The van der Waals surface area contributed by atoms with Gasteiger partial charge < -0.3 is 9.73 Å². The molecule has 0 amide bonds. The average molecular weight is 235 g/mol. The molecule has 1 fully saturated rings. The van der Waals surface area contributed by atoms with Gasteiger partial charge in [0, 0.05) is 11.6 Å². The number of furan rings is 1. The number of hydrogen-bond acceptors (Lipinski definition) is 2. The van der Waals surface area contributed by atoms with Crippen LogP contribution < -0.4 is 5.32 Å². The average Bonchev–Trinajstić information content (AvgIpc) is 2.87. The van der Waals surface area contributed by atoms with E-state index in [1.54, 1.807) is 0 Å². The van der Waals surface area contributed by atoms with E-state index in [-0.39, 0.29) is 0 Å². The molecule has 1 aromatic heterocycles. The molecule has 2 heteroatoms. The van der Waals surface area contributed by atoms with Gasteiger partial charge in [0.15, 0.2) is 0 Å². The van der Waals surface area contributed by atoms with Crippen LogP contribution in [0.2, 0.25) is 0 Å². The lowest BCUT2D eigenvalue weighted by molar-refractivity contribution is 0.406. The van der Waals surface area contributed by atoms with E-state index in [1.807, 2.05) is 0 Å². The standard InChI is InChI=1S/C15H25NO/c1-10-11(2)17-12(3)15(10)14(16-4)9-13-7-5-6-8-13/h13-14,16H,5-9H2,1-4H3. The maximum Gasteiger partial charge on any atom is 0.106 e. The second-order valence-electron chi connectivity index (χ2n) is 5.48. The Kier molecular flexibility index (Phi) is 3.93. The normalized spacial score (nSPS) is 18.8. The number of hydrogen-bond donors (Lipinski definition) is 1.